The van der Waals surface area contributed by atoms with Crippen molar-refractivity contribution in [2.45, 2.75) is 6.92 Å². The third-order valence-corrected chi connectivity index (χ3v) is 4.80. The fraction of sp³-hybridized carbons (Fsp3) is 0.300. The minimum atomic E-state index is -0.327. The molecule has 0 amide bonds. The number of carbonyl (C=O) groups is 1. The van der Waals surface area contributed by atoms with Crippen molar-refractivity contribution in [1.29, 1.82) is 0 Å². The van der Waals surface area contributed by atoms with Crippen molar-refractivity contribution in [3.63, 3.8) is 0 Å². The number of para-hydroxylation sites is 2. The molecular formula is C20H23N3O3S. The maximum absolute atomic E-state index is 11.7. The van der Waals surface area contributed by atoms with Crippen LogP contribution in [0.2, 0.25) is 0 Å². The molecule has 0 spiro atoms. The molecule has 0 saturated carbocycles. The third kappa shape index (κ3) is 4.68. The third-order valence-electron chi connectivity index (χ3n) is 4.44. The molecule has 1 aliphatic rings. The lowest BCUT2D eigenvalue weighted by Crippen LogP contribution is -2.50. The molecule has 1 aliphatic heterocycles. The Morgan fingerprint density at radius 2 is 1.78 bits per heavy atom. The van der Waals surface area contributed by atoms with E-state index in [0.717, 1.165) is 37.6 Å². The van der Waals surface area contributed by atoms with Gasteiger partial charge >= 0.3 is 5.97 Å². The zero-order valence-electron chi connectivity index (χ0n) is 15.2. The number of benzene rings is 2. The number of rotatable bonds is 4. The van der Waals surface area contributed by atoms with Crippen LogP contribution in [0.5, 0.6) is 5.75 Å². The second-order valence-corrected chi connectivity index (χ2v) is 6.58. The zero-order chi connectivity index (χ0) is 19.2. The average Bonchev–Trinajstić information content (AvgIpc) is 2.69. The monoisotopic (exact) mass is 385 g/mol. The van der Waals surface area contributed by atoms with Gasteiger partial charge in [-0.3, -0.25) is 0 Å². The van der Waals surface area contributed by atoms with E-state index in [1.165, 1.54) is 0 Å². The van der Waals surface area contributed by atoms with E-state index in [9.17, 15) is 9.90 Å². The van der Waals surface area contributed by atoms with Gasteiger partial charge in [-0.05, 0) is 55.5 Å². The van der Waals surface area contributed by atoms with Crippen molar-refractivity contribution >= 4 is 34.7 Å². The number of nitrogens with zero attached hydrogens (tertiary/aromatic N) is 2. The maximum Gasteiger partial charge on any atom is 0.338 e. The van der Waals surface area contributed by atoms with E-state index >= 15 is 0 Å². The van der Waals surface area contributed by atoms with E-state index in [4.69, 9.17) is 17.0 Å². The quantitative estimate of drug-likeness (QED) is 0.619. The van der Waals surface area contributed by atoms with Crippen LogP contribution in [0.25, 0.3) is 0 Å². The zero-order valence-corrected chi connectivity index (χ0v) is 16.0. The Kier molecular flexibility index (Phi) is 6.13. The fourth-order valence-corrected chi connectivity index (χ4v) is 3.29. The number of hydrogen-bond acceptors (Lipinski definition) is 5. The normalized spacial score (nSPS) is 14.0. The van der Waals surface area contributed by atoms with Gasteiger partial charge in [0.1, 0.15) is 5.75 Å². The van der Waals surface area contributed by atoms with E-state index < -0.39 is 0 Å². The predicted molar refractivity (Wildman–Crippen MR) is 111 cm³/mol. The Balaban J connectivity index is 1.54. The van der Waals surface area contributed by atoms with Crippen molar-refractivity contribution in [2.24, 2.45) is 0 Å². The first-order chi connectivity index (χ1) is 13.1. The first-order valence-corrected chi connectivity index (χ1v) is 9.35. The van der Waals surface area contributed by atoms with Gasteiger partial charge < -0.3 is 25.0 Å². The summed E-state index contributed by atoms with van der Waals surface area (Å²) in [5.74, 6) is -0.0275. The molecule has 1 heterocycles. The van der Waals surface area contributed by atoms with Gasteiger partial charge in [-0.1, -0.05) is 12.1 Å². The van der Waals surface area contributed by atoms with Crippen LogP contribution < -0.4 is 10.2 Å². The summed E-state index contributed by atoms with van der Waals surface area (Å²) in [6.07, 6.45) is 0. The van der Waals surface area contributed by atoms with Gasteiger partial charge in [0, 0.05) is 31.9 Å². The van der Waals surface area contributed by atoms with Crippen LogP contribution in [0.4, 0.5) is 11.4 Å². The van der Waals surface area contributed by atoms with Gasteiger partial charge in [0.15, 0.2) is 5.11 Å². The number of piperazine rings is 1. The summed E-state index contributed by atoms with van der Waals surface area (Å²) in [6.45, 7) is 5.23. The minimum absolute atomic E-state index is 0.299. The summed E-state index contributed by atoms with van der Waals surface area (Å²) in [5.41, 5.74) is 2.20. The summed E-state index contributed by atoms with van der Waals surface area (Å²) >= 11 is 5.52. The number of carbonyl (C=O) groups excluding carboxylic acids is 1. The summed E-state index contributed by atoms with van der Waals surface area (Å²) in [4.78, 5) is 16.0. The molecule has 0 unspecified atom stereocenters. The molecule has 0 aromatic heterocycles. The smallest absolute Gasteiger partial charge is 0.338 e. The standard InChI is InChI=1S/C20H23N3O3S/c1-2-26-19(25)15-7-9-16(10-8-15)21-20(27)23-13-11-22(12-14-23)17-5-3-4-6-18(17)24/h3-10,24H,2,11-14H2,1H3,(H,21,27). The van der Waals surface area contributed by atoms with Gasteiger partial charge in [0.25, 0.3) is 0 Å². The highest BCUT2D eigenvalue weighted by atomic mass is 32.1. The average molecular weight is 385 g/mol. The summed E-state index contributed by atoms with van der Waals surface area (Å²) in [6, 6.07) is 14.4. The van der Waals surface area contributed by atoms with Crippen molar-refractivity contribution in [1.82, 2.24) is 4.90 Å². The number of phenolic OH excluding ortho intramolecular Hbond substituents is 1. The van der Waals surface area contributed by atoms with Gasteiger partial charge in [0.05, 0.1) is 17.9 Å². The predicted octanol–water partition coefficient (Wildman–Crippen LogP) is 3.09. The lowest BCUT2D eigenvalue weighted by molar-refractivity contribution is 0.0526. The van der Waals surface area contributed by atoms with E-state index in [-0.39, 0.29) is 5.97 Å². The number of anilines is 2. The van der Waals surface area contributed by atoms with Crippen LogP contribution in [0.1, 0.15) is 17.3 Å². The highest BCUT2D eigenvalue weighted by molar-refractivity contribution is 7.80. The molecule has 2 aromatic carbocycles. The van der Waals surface area contributed by atoms with E-state index in [2.05, 4.69) is 15.1 Å². The molecule has 27 heavy (non-hydrogen) atoms. The Labute approximate surface area is 164 Å². The molecule has 1 fully saturated rings. The number of ether oxygens (including phenoxy) is 1. The SMILES string of the molecule is CCOC(=O)c1ccc(NC(=S)N2CCN(c3ccccc3O)CC2)cc1. The topological polar surface area (TPSA) is 65.0 Å². The molecule has 7 heteroatoms. The second kappa shape index (κ2) is 8.73. The Bertz CT molecular complexity index is 802. The number of aromatic hydroxyl groups is 1. The lowest BCUT2D eigenvalue weighted by atomic mass is 10.2. The Morgan fingerprint density at radius 1 is 1.11 bits per heavy atom. The van der Waals surface area contributed by atoms with Gasteiger partial charge in [-0.25, -0.2) is 4.79 Å². The van der Waals surface area contributed by atoms with Crippen LogP contribution in [0, 0.1) is 0 Å². The van der Waals surface area contributed by atoms with Crippen LogP contribution in [-0.2, 0) is 4.74 Å². The molecule has 2 aromatic rings. The molecule has 3 rings (SSSR count). The van der Waals surface area contributed by atoms with Crippen molar-refractivity contribution in [2.75, 3.05) is 43.0 Å². The van der Waals surface area contributed by atoms with Crippen LogP contribution >= 0.6 is 12.2 Å². The number of thiocarbonyl (C=S) groups is 1. The van der Waals surface area contributed by atoms with Crippen LogP contribution in [-0.4, -0.2) is 53.9 Å². The fourth-order valence-electron chi connectivity index (χ4n) is 2.99. The minimum Gasteiger partial charge on any atom is -0.506 e. The summed E-state index contributed by atoms with van der Waals surface area (Å²) in [5, 5.41) is 13.9. The molecule has 0 bridgehead atoms. The molecule has 6 nitrogen and oxygen atoms in total. The number of esters is 1. The van der Waals surface area contributed by atoms with E-state index in [1.807, 2.05) is 30.3 Å². The van der Waals surface area contributed by atoms with Crippen molar-refractivity contribution in [3.05, 3.63) is 54.1 Å². The summed E-state index contributed by atoms with van der Waals surface area (Å²) in [7, 11) is 0. The van der Waals surface area contributed by atoms with Gasteiger partial charge in [-0.15, -0.1) is 0 Å². The summed E-state index contributed by atoms with van der Waals surface area (Å²) < 4.78 is 4.98. The van der Waals surface area contributed by atoms with E-state index in [0.29, 0.717) is 23.0 Å². The molecule has 1 saturated heterocycles. The van der Waals surface area contributed by atoms with Gasteiger partial charge in [-0.2, -0.15) is 0 Å². The highest BCUT2D eigenvalue weighted by Gasteiger charge is 2.20. The number of phenols is 1. The second-order valence-electron chi connectivity index (χ2n) is 6.19. The van der Waals surface area contributed by atoms with Crippen molar-refractivity contribution in [3.8, 4) is 5.75 Å². The first-order valence-electron chi connectivity index (χ1n) is 8.94. The number of hydrogen-bond donors (Lipinski definition) is 2. The molecule has 0 radical (unpaired) electrons. The molecule has 0 aliphatic carbocycles. The van der Waals surface area contributed by atoms with Gasteiger partial charge in [0.2, 0.25) is 0 Å². The molecule has 2 N–H and O–H groups in total. The number of nitrogens with one attached hydrogen (secondary N) is 1. The lowest BCUT2D eigenvalue weighted by Gasteiger charge is -2.37. The largest absolute Gasteiger partial charge is 0.506 e. The molecular weight excluding hydrogens is 362 g/mol. The Morgan fingerprint density at radius 3 is 2.41 bits per heavy atom. The first kappa shape index (κ1) is 19.0. The highest BCUT2D eigenvalue weighted by Crippen LogP contribution is 2.27. The van der Waals surface area contributed by atoms with E-state index in [1.54, 1.807) is 25.1 Å². The molecule has 142 valence electrons. The van der Waals surface area contributed by atoms with Crippen molar-refractivity contribution < 1.29 is 14.6 Å². The van der Waals surface area contributed by atoms with Crippen LogP contribution in [0.3, 0.4) is 0 Å². The van der Waals surface area contributed by atoms with Crippen LogP contribution in [0.15, 0.2) is 48.5 Å². The Hall–Kier alpha value is -2.80. The maximum atomic E-state index is 11.7. The molecule has 0 atom stereocenters.